The van der Waals surface area contributed by atoms with Crippen molar-refractivity contribution >= 4 is 16.8 Å². The summed E-state index contributed by atoms with van der Waals surface area (Å²) in [7, 11) is 0. The molecule has 6 heteroatoms. The Bertz CT molecular complexity index is 829. The maximum atomic E-state index is 12.5. The molecule has 1 amide bonds. The Kier molecular flexibility index (Phi) is 4.31. The van der Waals surface area contributed by atoms with Crippen molar-refractivity contribution in [2.24, 2.45) is 0 Å². The Morgan fingerprint density at radius 2 is 1.88 bits per heavy atom. The molecule has 25 heavy (non-hydrogen) atoms. The zero-order valence-corrected chi connectivity index (χ0v) is 14.1. The van der Waals surface area contributed by atoms with Gasteiger partial charge in [0.1, 0.15) is 0 Å². The van der Waals surface area contributed by atoms with Gasteiger partial charge in [0.15, 0.2) is 5.79 Å². The molecular weight excluding hydrogens is 320 g/mol. The molecule has 2 aromatic rings. The second kappa shape index (κ2) is 6.61. The van der Waals surface area contributed by atoms with Gasteiger partial charge in [0.05, 0.1) is 13.2 Å². The third-order valence-electron chi connectivity index (χ3n) is 5.13. The number of rotatable bonds is 3. The summed E-state index contributed by atoms with van der Waals surface area (Å²) < 4.78 is 11.4. The predicted octanol–water partition coefficient (Wildman–Crippen LogP) is 1.83. The highest BCUT2D eigenvalue weighted by molar-refractivity contribution is 5.79. The minimum Gasteiger partial charge on any atom is -0.347 e. The lowest BCUT2D eigenvalue weighted by atomic mass is 10.0. The number of carbonyl (C=O) groups is 1. The lowest BCUT2D eigenvalue weighted by Crippen LogP contribution is -2.47. The smallest absolute Gasteiger partial charge is 0.251 e. The van der Waals surface area contributed by atoms with Gasteiger partial charge in [0.2, 0.25) is 5.91 Å². The number of para-hydroxylation sites is 1. The summed E-state index contributed by atoms with van der Waals surface area (Å²) in [4.78, 5) is 29.4. The molecule has 1 aromatic heterocycles. The number of likely N-dealkylation sites (tertiary alicyclic amines) is 1. The zero-order valence-electron chi connectivity index (χ0n) is 14.1. The molecule has 132 valence electrons. The van der Waals surface area contributed by atoms with E-state index in [0.29, 0.717) is 44.7 Å². The monoisotopic (exact) mass is 342 g/mol. The number of piperidine rings is 1. The maximum absolute atomic E-state index is 12.5. The van der Waals surface area contributed by atoms with Crippen molar-refractivity contribution in [3.05, 3.63) is 46.2 Å². The molecule has 0 saturated carbocycles. The molecule has 1 spiro atoms. The molecule has 0 bridgehead atoms. The van der Waals surface area contributed by atoms with E-state index in [1.54, 1.807) is 0 Å². The van der Waals surface area contributed by atoms with Crippen LogP contribution >= 0.6 is 0 Å². The van der Waals surface area contributed by atoms with Crippen LogP contribution in [0.2, 0.25) is 0 Å². The minimum absolute atomic E-state index is 0.0837. The maximum Gasteiger partial charge on any atom is 0.251 e. The fourth-order valence-electron chi connectivity index (χ4n) is 3.66. The third-order valence-corrected chi connectivity index (χ3v) is 5.13. The predicted molar refractivity (Wildman–Crippen MR) is 93.3 cm³/mol. The fraction of sp³-hybridized carbons (Fsp3) is 0.474. The fourth-order valence-corrected chi connectivity index (χ4v) is 3.66. The highest BCUT2D eigenvalue weighted by Crippen LogP contribution is 2.31. The number of nitrogens with zero attached hydrogens (tertiary/aromatic N) is 1. The van der Waals surface area contributed by atoms with Crippen LogP contribution in [0.4, 0.5) is 0 Å². The number of aromatic nitrogens is 1. The van der Waals surface area contributed by atoms with E-state index in [9.17, 15) is 9.59 Å². The van der Waals surface area contributed by atoms with Crippen molar-refractivity contribution in [3.8, 4) is 0 Å². The Hall–Kier alpha value is -2.18. The van der Waals surface area contributed by atoms with E-state index >= 15 is 0 Å². The van der Waals surface area contributed by atoms with Crippen molar-refractivity contribution < 1.29 is 14.3 Å². The Labute approximate surface area is 145 Å². The number of aromatic amines is 1. The van der Waals surface area contributed by atoms with Crippen LogP contribution in [0.5, 0.6) is 0 Å². The molecule has 1 aromatic carbocycles. The Morgan fingerprint density at radius 3 is 2.64 bits per heavy atom. The first-order valence-electron chi connectivity index (χ1n) is 8.82. The molecule has 4 rings (SSSR count). The lowest BCUT2D eigenvalue weighted by molar-refractivity contribution is -0.187. The van der Waals surface area contributed by atoms with Gasteiger partial charge in [-0.1, -0.05) is 18.2 Å². The van der Waals surface area contributed by atoms with Gasteiger partial charge in [-0.15, -0.1) is 0 Å². The van der Waals surface area contributed by atoms with Gasteiger partial charge >= 0.3 is 0 Å². The molecule has 3 heterocycles. The van der Waals surface area contributed by atoms with Gasteiger partial charge in [-0.25, -0.2) is 0 Å². The van der Waals surface area contributed by atoms with E-state index in [4.69, 9.17) is 9.47 Å². The summed E-state index contributed by atoms with van der Waals surface area (Å²) in [5.41, 5.74) is 1.36. The second-order valence-corrected chi connectivity index (χ2v) is 6.70. The molecule has 0 aliphatic carbocycles. The molecule has 2 saturated heterocycles. The van der Waals surface area contributed by atoms with Gasteiger partial charge < -0.3 is 19.4 Å². The van der Waals surface area contributed by atoms with E-state index in [-0.39, 0.29) is 11.5 Å². The summed E-state index contributed by atoms with van der Waals surface area (Å²) in [6.45, 7) is 2.57. The van der Waals surface area contributed by atoms with E-state index < -0.39 is 5.79 Å². The van der Waals surface area contributed by atoms with E-state index in [0.717, 1.165) is 23.7 Å². The summed E-state index contributed by atoms with van der Waals surface area (Å²) in [5.74, 6) is -0.382. The quantitative estimate of drug-likeness (QED) is 0.924. The van der Waals surface area contributed by atoms with Gasteiger partial charge in [0, 0.05) is 43.4 Å². The van der Waals surface area contributed by atoms with Crippen LogP contribution in [-0.4, -0.2) is 47.9 Å². The molecule has 6 nitrogen and oxygen atoms in total. The SMILES string of the molecule is O=C(CCc1cc2ccccc2[nH]c1=O)N1CCC2(CC1)OCCO2. The summed E-state index contributed by atoms with van der Waals surface area (Å²) in [5, 5.41) is 0.986. The number of aryl methyl sites for hydroxylation is 1. The highest BCUT2D eigenvalue weighted by atomic mass is 16.7. The van der Waals surface area contributed by atoms with Crippen molar-refractivity contribution in [2.75, 3.05) is 26.3 Å². The van der Waals surface area contributed by atoms with Crippen LogP contribution in [0.3, 0.4) is 0 Å². The van der Waals surface area contributed by atoms with Crippen molar-refractivity contribution in [2.45, 2.75) is 31.5 Å². The lowest BCUT2D eigenvalue weighted by Gasteiger charge is -2.37. The van der Waals surface area contributed by atoms with Crippen LogP contribution in [0.15, 0.2) is 35.1 Å². The number of benzene rings is 1. The number of hydrogen-bond donors (Lipinski definition) is 1. The van der Waals surface area contributed by atoms with Crippen LogP contribution in [0, 0.1) is 0 Å². The van der Waals surface area contributed by atoms with Gasteiger partial charge in [0.25, 0.3) is 5.56 Å². The van der Waals surface area contributed by atoms with Gasteiger partial charge in [-0.05, 0) is 23.9 Å². The minimum atomic E-state index is -0.466. The molecule has 0 unspecified atom stereocenters. The largest absolute Gasteiger partial charge is 0.347 e. The first kappa shape index (κ1) is 16.3. The second-order valence-electron chi connectivity index (χ2n) is 6.70. The number of amides is 1. The van der Waals surface area contributed by atoms with Crippen LogP contribution in [-0.2, 0) is 20.7 Å². The van der Waals surface area contributed by atoms with Gasteiger partial charge in [-0.3, -0.25) is 9.59 Å². The number of fused-ring (bicyclic) bond motifs is 1. The molecule has 2 fully saturated rings. The number of H-pyrrole nitrogens is 1. The van der Waals surface area contributed by atoms with Gasteiger partial charge in [-0.2, -0.15) is 0 Å². The van der Waals surface area contributed by atoms with E-state index in [1.807, 2.05) is 35.2 Å². The molecule has 2 aliphatic heterocycles. The van der Waals surface area contributed by atoms with Crippen molar-refractivity contribution in [3.63, 3.8) is 0 Å². The number of carbonyl (C=O) groups excluding carboxylic acids is 1. The van der Waals surface area contributed by atoms with E-state index in [1.165, 1.54) is 0 Å². The molecular formula is C19H22N2O4. The van der Waals surface area contributed by atoms with Crippen molar-refractivity contribution in [1.29, 1.82) is 0 Å². The number of pyridine rings is 1. The number of hydrogen-bond acceptors (Lipinski definition) is 4. The average Bonchev–Trinajstić information content (AvgIpc) is 3.08. The summed E-state index contributed by atoms with van der Waals surface area (Å²) in [6, 6.07) is 9.55. The average molecular weight is 342 g/mol. The summed E-state index contributed by atoms with van der Waals surface area (Å²) >= 11 is 0. The van der Waals surface area contributed by atoms with E-state index in [2.05, 4.69) is 4.98 Å². The molecule has 1 N–H and O–H groups in total. The van der Waals surface area contributed by atoms with Crippen LogP contribution in [0.25, 0.3) is 10.9 Å². The summed E-state index contributed by atoms with van der Waals surface area (Å²) in [6.07, 6.45) is 2.23. The normalized spacial score (nSPS) is 19.6. The number of ether oxygens (including phenoxy) is 2. The topological polar surface area (TPSA) is 71.6 Å². The van der Waals surface area contributed by atoms with Crippen molar-refractivity contribution in [1.82, 2.24) is 9.88 Å². The highest BCUT2D eigenvalue weighted by Gasteiger charge is 2.40. The Morgan fingerprint density at radius 1 is 1.16 bits per heavy atom. The number of nitrogens with one attached hydrogen (secondary N) is 1. The third kappa shape index (κ3) is 3.32. The first-order chi connectivity index (χ1) is 12.2. The molecule has 0 radical (unpaired) electrons. The Balaban J connectivity index is 1.37. The standard InChI is InChI=1S/C19H22N2O4/c22-17(21-9-7-19(8-10-21)24-11-12-25-19)6-5-15-13-14-3-1-2-4-16(14)20-18(15)23/h1-4,13H,5-12H2,(H,20,23). The first-order valence-corrected chi connectivity index (χ1v) is 8.82. The molecule has 2 aliphatic rings. The molecule has 0 atom stereocenters. The zero-order chi connectivity index (χ0) is 17.3. The van der Waals surface area contributed by atoms with Crippen LogP contribution < -0.4 is 5.56 Å². The van der Waals surface area contributed by atoms with Crippen LogP contribution in [0.1, 0.15) is 24.8 Å².